The maximum Gasteiger partial charge on any atom is 0.272 e. The Labute approximate surface area is 131 Å². The summed E-state index contributed by atoms with van der Waals surface area (Å²) in [5.74, 6) is -0.355. The number of ether oxygens (including phenoxy) is 1. The smallest absolute Gasteiger partial charge is 0.272 e. The number of anilines is 1. The lowest BCUT2D eigenvalue weighted by Crippen LogP contribution is -2.23. The Morgan fingerprint density at radius 2 is 2.05 bits per heavy atom. The minimum Gasteiger partial charge on any atom is -0.491 e. The minimum absolute atomic E-state index is 0.108. The third kappa shape index (κ3) is 3.66. The lowest BCUT2D eigenvalue weighted by Gasteiger charge is -2.13. The van der Waals surface area contributed by atoms with Crippen molar-refractivity contribution in [2.45, 2.75) is 6.54 Å². The van der Waals surface area contributed by atoms with E-state index in [4.69, 9.17) is 21.4 Å². The van der Waals surface area contributed by atoms with Gasteiger partial charge in [-0.2, -0.15) is 0 Å². The molecule has 0 saturated carbocycles. The number of nitrogens with one attached hydrogen (secondary N) is 1. The van der Waals surface area contributed by atoms with E-state index in [9.17, 15) is 9.59 Å². The molecule has 2 N–H and O–H groups in total. The molecule has 2 aromatic rings. The van der Waals surface area contributed by atoms with Gasteiger partial charge in [0.05, 0.1) is 19.9 Å². The zero-order chi connectivity index (χ0) is 16.1. The van der Waals surface area contributed by atoms with Gasteiger partial charge in [0.25, 0.3) is 5.91 Å². The first-order chi connectivity index (χ1) is 10.5. The number of aliphatic hydroxyl groups is 1. The second kappa shape index (κ2) is 7.11. The van der Waals surface area contributed by atoms with Crippen LogP contribution in [0.2, 0.25) is 5.02 Å². The molecule has 0 aliphatic heterocycles. The first-order valence-electron chi connectivity index (χ1n) is 6.51. The molecule has 1 amide bonds. The number of pyridine rings is 1. The molecule has 1 heterocycles. The number of methoxy groups -OCH3 is 1. The fraction of sp³-hybridized carbons (Fsp3) is 0.200. The number of hydrogen-bond donors (Lipinski definition) is 2. The second-order valence-corrected chi connectivity index (χ2v) is 4.91. The van der Waals surface area contributed by atoms with Crippen molar-refractivity contribution in [1.29, 1.82) is 0 Å². The van der Waals surface area contributed by atoms with E-state index < -0.39 is 11.3 Å². The second-order valence-electron chi connectivity index (χ2n) is 4.47. The largest absolute Gasteiger partial charge is 0.491 e. The van der Waals surface area contributed by atoms with Crippen LogP contribution in [0.5, 0.6) is 5.75 Å². The van der Waals surface area contributed by atoms with Crippen molar-refractivity contribution in [3.05, 3.63) is 57.5 Å². The number of hydrogen-bond acceptors (Lipinski definition) is 4. The molecule has 1 aromatic carbocycles. The lowest BCUT2D eigenvalue weighted by molar-refractivity contribution is 0.101. The first-order valence-corrected chi connectivity index (χ1v) is 6.89. The van der Waals surface area contributed by atoms with E-state index in [1.165, 1.54) is 23.9 Å². The molecule has 0 saturated heterocycles. The Bertz CT molecular complexity index is 725. The number of aromatic nitrogens is 1. The van der Waals surface area contributed by atoms with Gasteiger partial charge < -0.3 is 19.7 Å². The van der Waals surface area contributed by atoms with Gasteiger partial charge in [-0.25, -0.2) is 0 Å². The molecule has 0 radical (unpaired) electrons. The molecule has 22 heavy (non-hydrogen) atoms. The third-order valence-corrected chi connectivity index (χ3v) is 3.24. The van der Waals surface area contributed by atoms with E-state index in [0.717, 1.165) is 0 Å². The summed E-state index contributed by atoms with van der Waals surface area (Å²) in [6.07, 6.45) is 1.40. The summed E-state index contributed by atoms with van der Waals surface area (Å²) in [4.78, 5) is 24.2. The Balaban J connectivity index is 2.33. The van der Waals surface area contributed by atoms with E-state index in [-0.39, 0.29) is 24.6 Å². The number of halogens is 1. The van der Waals surface area contributed by atoms with Gasteiger partial charge in [0.15, 0.2) is 5.75 Å². The van der Waals surface area contributed by atoms with E-state index in [1.807, 2.05) is 0 Å². The molecular weight excluding hydrogens is 308 g/mol. The monoisotopic (exact) mass is 322 g/mol. The predicted molar refractivity (Wildman–Crippen MR) is 83.7 cm³/mol. The van der Waals surface area contributed by atoms with Crippen LogP contribution in [0.3, 0.4) is 0 Å². The van der Waals surface area contributed by atoms with Gasteiger partial charge >= 0.3 is 0 Å². The summed E-state index contributed by atoms with van der Waals surface area (Å²) >= 11 is 5.79. The van der Waals surface area contributed by atoms with Crippen LogP contribution in [-0.2, 0) is 6.54 Å². The number of amides is 1. The number of carbonyl (C=O) groups excluding carboxylic acids is 1. The molecule has 0 fully saturated rings. The van der Waals surface area contributed by atoms with Crippen LogP contribution in [-0.4, -0.2) is 29.3 Å². The van der Waals surface area contributed by atoms with Crippen LogP contribution >= 0.6 is 11.6 Å². The Morgan fingerprint density at radius 3 is 2.64 bits per heavy atom. The molecule has 6 nitrogen and oxygen atoms in total. The van der Waals surface area contributed by atoms with Crippen LogP contribution in [0.4, 0.5) is 5.69 Å². The highest BCUT2D eigenvalue weighted by atomic mass is 35.5. The van der Waals surface area contributed by atoms with Gasteiger partial charge in [-0.1, -0.05) is 11.6 Å². The molecule has 0 unspecified atom stereocenters. The van der Waals surface area contributed by atoms with Gasteiger partial charge in [0.1, 0.15) is 5.69 Å². The molecule has 0 bridgehead atoms. The highest BCUT2D eigenvalue weighted by Gasteiger charge is 2.14. The summed E-state index contributed by atoms with van der Waals surface area (Å²) in [7, 11) is 1.37. The Kier molecular flexibility index (Phi) is 5.19. The molecule has 0 aliphatic rings. The highest BCUT2D eigenvalue weighted by molar-refractivity contribution is 6.30. The van der Waals surface area contributed by atoms with Crippen molar-refractivity contribution in [3.63, 3.8) is 0 Å². The van der Waals surface area contributed by atoms with Crippen molar-refractivity contribution >= 4 is 23.2 Å². The fourth-order valence-corrected chi connectivity index (χ4v) is 2.05. The Hall–Kier alpha value is -2.31. The van der Waals surface area contributed by atoms with E-state index in [1.54, 1.807) is 24.3 Å². The van der Waals surface area contributed by atoms with Crippen LogP contribution in [0, 0.1) is 0 Å². The fourth-order valence-electron chi connectivity index (χ4n) is 1.92. The molecule has 116 valence electrons. The maximum atomic E-state index is 12.3. The van der Waals surface area contributed by atoms with Crippen molar-refractivity contribution in [3.8, 4) is 5.75 Å². The van der Waals surface area contributed by atoms with Gasteiger partial charge in [0.2, 0.25) is 5.43 Å². The van der Waals surface area contributed by atoms with Crippen molar-refractivity contribution in [2.24, 2.45) is 0 Å². The summed E-state index contributed by atoms with van der Waals surface area (Å²) < 4.78 is 6.40. The average Bonchev–Trinajstić information content (AvgIpc) is 2.51. The van der Waals surface area contributed by atoms with Crippen LogP contribution in [0.25, 0.3) is 0 Å². The average molecular weight is 323 g/mol. The van der Waals surface area contributed by atoms with E-state index >= 15 is 0 Å². The van der Waals surface area contributed by atoms with Crippen LogP contribution < -0.4 is 15.5 Å². The molecule has 0 atom stereocenters. The minimum atomic E-state index is -0.462. The summed E-state index contributed by atoms with van der Waals surface area (Å²) in [6.45, 7) is -0.00669. The van der Waals surface area contributed by atoms with Crippen molar-refractivity contribution in [1.82, 2.24) is 4.57 Å². The molecule has 2 rings (SSSR count). The topological polar surface area (TPSA) is 80.6 Å². The maximum absolute atomic E-state index is 12.3. The van der Waals surface area contributed by atoms with Crippen molar-refractivity contribution < 1.29 is 14.6 Å². The summed E-state index contributed by atoms with van der Waals surface area (Å²) in [5.41, 5.74) is 0.279. The number of carbonyl (C=O) groups is 1. The molecule has 7 heteroatoms. The molecule has 1 aromatic heterocycles. The van der Waals surface area contributed by atoms with Gasteiger partial charge in [-0.05, 0) is 24.3 Å². The molecule has 0 aliphatic carbocycles. The van der Waals surface area contributed by atoms with E-state index in [2.05, 4.69) is 5.32 Å². The number of benzene rings is 1. The SMILES string of the molecule is COc1cn(CCO)c(C(=O)Nc2ccc(Cl)cc2)cc1=O. The zero-order valence-electron chi connectivity index (χ0n) is 11.9. The Morgan fingerprint density at radius 1 is 1.36 bits per heavy atom. The molecular formula is C15H15ClN2O4. The summed E-state index contributed by atoms with van der Waals surface area (Å²) in [6, 6.07) is 7.77. The quantitative estimate of drug-likeness (QED) is 0.879. The normalized spacial score (nSPS) is 10.3. The standard InChI is InChI=1S/C15H15ClN2O4/c1-22-14-9-18(6-7-19)12(8-13(14)20)15(21)17-11-4-2-10(16)3-5-11/h2-5,8-9,19H,6-7H2,1H3,(H,17,21). The van der Waals surface area contributed by atoms with Gasteiger partial charge in [-0.15, -0.1) is 0 Å². The van der Waals surface area contributed by atoms with Crippen LogP contribution in [0.1, 0.15) is 10.5 Å². The first kappa shape index (κ1) is 16.1. The van der Waals surface area contributed by atoms with E-state index in [0.29, 0.717) is 10.7 Å². The molecule has 0 spiro atoms. The zero-order valence-corrected chi connectivity index (χ0v) is 12.6. The number of aliphatic hydroxyl groups excluding tert-OH is 1. The van der Waals surface area contributed by atoms with Gasteiger partial charge in [0, 0.05) is 23.3 Å². The lowest BCUT2D eigenvalue weighted by atomic mass is 10.2. The third-order valence-electron chi connectivity index (χ3n) is 2.99. The number of nitrogens with zero attached hydrogens (tertiary/aromatic N) is 1. The predicted octanol–water partition coefficient (Wildman–Crippen LogP) is 1.75. The number of rotatable bonds is 5. The summed E-state index contributed by atoms with van der Waals surface area (Å²) in [5, 5.41) is 12.3. The van der Waals surface area contributed by atoms with Gasteiger partial charge in [-0.3, -0.25) is 9.59 Å². The highest BCUT2D eigenvalue weighted by Crippen LogP contribution is 2.15. The van der Waals surface area contributed by atoms with Crippen molar-refractivity contribution in [2.75, 3.05) is 19.0 Å². The van der Waals surface area contributed by atoms with Crippen LogP contribution in [0.15, 0.2) is 41.3 Å².